The Morgan fingerprint density at radius 1 is 1.11 bits per heavy atom. The van der Waals surface area contributed by atoms with Crippen LogP contribution in [0.25, 0.3) is 0 Å². The lowest BCUT2D eigenvalue weighted by molar-refractivity contribution is 0.0623. The van der Waals surface area contributed by atoms with E-state index in [2.05, 4.69) is 34.5 Å². The molecule has 0 aromatic heterocycles. The number of piperidine rings is 1. The Balaban J connectivity index is 1.85. The van der Waals surface area contributed by atoms with Gasteiger partial charge in [0.1, 0.15) is 0 Å². The minimum atomic E-state index is -3.81. The standard InChI is InChI=1S/C21H25BrN2O3S/c1-14-7-8-19(22)20(10-14)23-28(26,27)18-6-4-5-17(11-18)21(25)24-12-15(2)9-16(3)13-24/h4-8,10-11,15-16,23H,9,12-13H2,1-3H3/t15-,16+. The van der Waals surface area contributed by atoms with Gasteiger partial charge in [-0.15, -0.1) is 0 Å². The Morgan fingerprint density at radius 2 is 1.79 bits per heavy atom. The van der Waals surface area contributed by atoms with Gasteiger partial charge >= 0.3 is 0 Å². The van der Waals surface area contributed by atoms with E-state index in [9.17, 15) is 13.2 Å². The Kier molecular flexibility index (Phi) is 6.15. The van der Waals surface area contributed by atoms with Crippen molar-refractivity contribution in [3.8, 4) is 0 Å². The zero-order chi connectivity index (χ0) is 20.5. The van der Waals surface area contributed by atoms with Crippen LogP contribution in [0, 0.1) is 18.8 Å². The van der Waals surface area contributed by atoms with Crippen LogP contribution in [0.2, 0.25) is 0 Å². The molecule has 1 heterocycles. The molecule has 0 aliphatic carbocycles. The van der Waals surface area contributed by atoms with Crippen molar-refractivity contribution in [2.75, 3.05) is 17.8 Å². The van der Waals surface area contributed by atoms with Crippen molar-refractivity contribution in [3.05, 3.63) is 58.1 Å². The number of hydrogen-bond acceptors (Lipinski definition) is 3. The Bertz CT molecular complexity index is 981. The number of sulfonamides is 1. The molecule has 0 radical (unpaired) electrons. The van der Waals surface area contributed by atoms with Gasteiger partial charge in [0.15, 0.2) is 0 Å². The number of aryl methyl sites for hydroxylation is 1. The first-order chi connectivity index (χ1) is 13.2. The van der Waals surface area contributed by atoms with Crippen molar-refractivity contribution in [1.29, 1.82) is 0 Å². The van der Waals surface area contributed by atoms with Crippen LogP contribution in [0.3, 0.4) is 0 Å². The SMILES string of the molecule is Cc1ccc(Br)c(NS(=O)(=O)c2cccc(C(=O)N3C[C@H](C)C[C@H](C)C3)c2)c1. The monoisotopic (exact) mass is 464 g/mol. The highest BCUT2D eigenvalue weighted by Gasteiger charge is 2.27. The minimum Gasteiger partial charge on any atom is -0.338 e. The molecular formula is C21H25BrN2O3S. The molecule has 1 fully saturated rings. The first-order valence-corrected chi connectivity index (χ1v) is 11.6. The molecule has 28 heavy (non-hydrogen) atoms. The predicted molar refractivity (Wildman–Crippen MR) is 115 cm³/mol. The summed E-state index contributed by atoms with van der Waals surface area (Å²) in [7, 11) is -3.81. The maximum atomic E-state index is 12.9. The number of anilines is 1. The van der Waals surface area contributed by atoms with Crippen molar-refractivity contribution in [2.24, 2.45) is 11.8 Å². The van der Waals surface area contributed by atoms with Gasteiger partial charge in [-0.3, -0.25) is 9.52 Å². The van der Waals surface area contributed by atoms with Crippen molar-refractivity contribution >= 4 is 37.5 Å². The molecule has 1 N–H and O–H groups in total. The summed E-state index contributed by atoms with van der Waals surface area (Å²) in [4.78, 5) is 14.8. The van der Waals surface area contributed by atoms with Crippen molar-refractivity contribution in [2.45, 2.75) is 32.1 Å². The molecular weight excluding hydrogens is 440 g/mol. The zero-order valence-electron chi connectivity index (χ0n) is 16.3. The maximum absolute atomic E-state index is 12.9. The highest BCUT2D eigenvalue weighted by Crippen LogP contribution is 2.27. The smallest absolute Gasteiger partial charge is 0.261 e. The van der Waals surface area contributed by atoms with E-state index in [1.165, 1.54) is 12.1 Å². The number of amides is 1. The van der Waals surface area contributed by atoms with Crippen molar-refractivity contribution in [1.82, 2.24) is 4.90 Å². The van der Waals surface area contributed by atoms with Crippen LogP contribution in [0.4, 0.5) is 5.69 Å². The first kappa shape index (κ1) is 20.9. The molecule has 0 unspecified atom stereocenters. The Hall–Kier alpha value is -1.86. The van der Waals surface area contributed by atoms with E-state index in [0.717, 1.165) is 12.0 Å². The fourth-order valence-corrected chi connectivity index (χ4v) is 5.32. The van der Waals surface area contributed by atoms with Gasteiger partial charge < -0.3 is 4.90 Å². The van der Waals surface area contributed by atoms with Crippen molar-refractivity contribution < 1.29 is 13.2 Å². The van der Waals surface area contributed by atoms with Gasteiger partial charge in [-0.25, -0.2) is 8.42 Å². The summed E-state index contributed by atoms with van der Waals surface area (Å²) in [5.74, 6) is 0.770. The molecule has 5 nitrogen and oxygen atoms in total. The second-order valence-electron chi connectivity index (χ2n) is 7.77. The van der Waals surface area contributed by atoms with Crippen LogP contribution in [0.15, 0.2) is 51.8 Å². The highest BCUT2D eigenvalue weighted by atomic mass is 79.9. The first-order valence-electron chi connectivity index (χ1n) is 9.34. The van der Waals surface area contributed by atoms with E-state index in [1.54, 1.807) is 24.3 Å². The average Bonchev–Trinajstić information content (AvgIpc) is 2.63. The minimum absolute atomic E-state index is 0.0739. The molecule has 1 saturated heterocycles. The number of benzene rings is 2. The van der Waals surface area contributed by atoms with Gasteiger partial charge in [-0.2, -0.15) is 0 Å². The summed E-state index contributed by atoms with van der Waals surface area (Å²) in [6.45, 7) is 7.58. The molecule has 0 spiro atoms. The number of carbonyl (C=O) groups is 1. The van der Waals surface area contributed by atoms with Crippen LogP contribution in [0.5, 0.6) is 0 Å². The largest absolute Gasteiger partial charge is 0.338 e. The molecule has 3 rings (SSSR count). The van der Waals surface area contributed by atoms with E-state index < -0.39 is 10.0 Å². The zero-order valence-corrected chi connectivity index (χ0v) is 18.7. The topological polar surface area (TPSA) is 66.5 Å². The highest BCUT2D eigenvalue weighted by molar-refractivity contribution is 9.10. The second kappa shape index (κ2) is 8.25. The Labute approximate surface area is 175 Å². The number of nitrogens with one attached hydrogen (secondary N) is 1. The third-order valence-corrected chi connectivity index (χ3v) is 6.97. The quantitative estimate of drug-likeness (QED) is 0.714. The number of carbonyl (C=O) groups excluding carboxylic acids is 1. The lowest BCUT2D eigenvalue weighted by atomic mass is 9.91. The Morgan fingerprint density at radius 3 is 2.46 bits per heavy atom. The van der Waals surface area contributed by atoms with E-state index in [0.29, 0.717) is 40.6 Å². The summed E-state index contributed by atoms with van der Waals surface area (Å²) < 4.78 is 29.0. The average molecular weight is 465 g/mol. The molecule has 1 aliphatic heterocycles. The van der Waals surface area contributed by atoms with Gasteiger partial charge in [-0.1, -0.05) is 26.0 Å². The number of rotatable bonds is 4. The summed E-state index contributed by atoms with van der Waals surface area (Å²) in [5.41, 5.74) is 1.81. The van der Waals surface area contributed by atoms with E-state index in [4.69, 9.17) is 0 Å². The van der Waals surface area contributed by atoms with Gasteiger partial charge in [0.2, 0.25) is 0 Å². The van der Waals surface area contributed by atoms with Crippen molar-refractivity contribution in [3.63, 3.8) is 0 Å². The third-order valence-electron chi connectivity index (χ3n) is 4.91. The molecule has 0 saturated carbocycles. The van der Waals surface area contributed by atoms with Gasteiger partial charge in [-0.05, 0) is 77.0 Å². The second-order valence-corrected chi connectivity index (χ2v) is 10.3. The molecule has 2 atom stereocenters. The van der Waals surface area contributed by atoms with Crippen LogP contribution >= 0.6 is 15.9 Å². The van der Waals surface area contributed by atoms with Gasteiger partial charge in [0.25, 0.3) is 15.9 Å². The van der Waals surface area contributed by atoms with E-state index >= 15 is 0 Å². The fraction of sp³-hybridized carbons (Fsp3) is 0.381. The van der Waals surface area contributed by atoms with E-state index in [1.807, 2.05) is 17.9 Å². The lowest BCUT2D eigenvalue weighted by Gasteiger charge is -2.35. The number of nitrogens with zero attached hydrogens (tertiary/aromatic N) is 1. The molecule has 1 amide bonds. The number of hydrogen-bond donors (Lipinski definition) is 1. The van der Waals surface area contributed by atoms with Gasteiger partial charge in [0.05, 0.1) is 10.6 Å². The molecule has 0 bridgehead atoms. The predicted octanol–water partition coefficient (Wildman–Crippen LogP) is 4.68. The third kappa shape index (κ3) is 4.75. The number of likely N-dealkylation sites (tertiary alicyclic amines) is 1. The molecule has 1 aliphatic rings. The van der Waals surface area contributed by atoms with Crippen LogP contribution in [-0.4, -0.2) is 32.3 Å². The van der Waals surface area contributed by atoms with Crippen LogP contribution in [0.1, 0.15) is 36.2 Å². The molecule has 7 heteroatoms. The van der Waals surface area contributed by atoms with Crippen LogP contribution in [-0.2, 0) is 10.0 Å². The summed E-state index contributed by atoms with van der Waals surface area (Å²) in [6.07, 6.45) is 1.10. The van der Waals surface area contributed by atoms with E-state index in [-0.39, 0.29) is 10.8 Å². The van der Waals surface area contributed by atoms with Gasteiger partial charge in [0, 0.05) is 23.1 Å². The normalized spacial score (nSPS) is 20.1. The molecule has 150 valence electrons. The fourth-order valence-electron chi connectivity index (χ4n) is 3.73. The summed E-state index contributed by atoms with van der Waals surface area (Å²) >= 11 is 3.37. The summed E-state index contributed by atoms with van der Waals surface area (Å²) in [5, 5.41) is 0. The molecule has 2 aromatic rings. The number of halogens is 1. The van der Waals surface area contributed by atoms with Crippen LogP contribution < -0.4 is 4.72 Å². The maximum Gasteiger partial charge on any atom is 0.261 e. The molecule has 2 aromatic carbocycles. The summed E-state index contributed by atoms with van der Waals surface area (Å²) in [6, 6.07) is 11.7. The lowest BCUT2D eigenvalue weighted by Crippen LogP contribution is -2.42.